The maximum absolute atomic E-state index is 11.8. The molecule has 0 amide bonds. The molecule has 22 heavy (non-hydrogen) atoms. The standard InChI is InChI=1S/C15H29NO6/c1-3-5-6-7-8-16-12(10(18)4-2)14(21)15(22)13(20)11(19)9-17/h4,11-17,19-22H,2-3,5-9H2,1H3/t11-,12?,13-,14+,15+/m1/s1. The summed E-state index contributed by atoms with van der Waals surface area (Å²) in [5, 5.41) is 50.4. The summed E-state index contributed by atoms with van der Waals surface area (Å²) in [5.74, 6) is -0.521. The summed E-state index contributed by atoms with van der Waals surface area (Å²) in [6.45, 7) is 5.11. The van der Waals surface area contributed by atoms with E-state index in [1.807, 2.05) is 0 Å². The molecule has 0 saturated carbocycles. The minimum Gasteiger partial charge on any atom is -0.394 e. The summed E-state index contributed by atoms with van der Waals surface area (Å²) >= 11 is 0. The number of rotatable bonds is 13. The van der Waals surface area contributed by atoms with Gasteiger partial charge in [0.1, 0.15) is 24.4 Å². The van der Waals surface area contributed by atoms with Gasteiger partial charge in [0, 0.05) is 0 Å². The third kappa shape index (κ3) is 6.95. The predicted octanol–water partition coefficient (Wildman–Crippen LogP) is -1.28. The molecule has 0 saturated heterocycles. The van der Waals surface area contributed by atoms with Gasteiger partial charge < -0.3 is 30.8 Å². The molecule has 0 radical (unpaired) electrons. The zero-order chi connectivity index (χ0) is 17.1. The fourth-order valence-corrected chi connectivity index (χ4v) is 2.06. The topological polar surface area (TPSA) is 130 Å². The lowest BCUT2D eigenvalue weighted by Crippen LogP contribution is -2.56. The van der Waals surface area contributed by atoms with Crippen LogP contribution in [0.2, 0.25) is 0 Å². The summed E-state index contributed by atoms with van der Waals surface area (Å²) in [6, 6.07) is -1.13. The van der Waals surface area contributed by atoms with Crippen molar-refractivity contribution in [1.82, 2.24) is 5.32 Å². The van der Waals surface area contributed by atoms with E-state index >= 15 is 0 Å². The summed E-state index contributed by atoms with van der Waals surface area (Å²) in [7, 11) is 0. The van der Waals surface area contributed by atoms with E-state index < -0.39 is 42.8 Å². The molecule has 0 heterocycles. The van der Waals surface area contributed by atoms with Crippen LogP contribution in [0.15, 0.2) is 12.7 Å². The number of nitrogens with one attached hydrogen (secondary N) is 1. The van der Waals surface area contributed by atoms with Crippen molar-refractivity contribution < 1.29 is 30.3 Å². The number of aliphatic hydroxyl groups excluding tert-OH is 5. The van der Waals surface area contributed by atoms with Gasteiger partial charge >= 0.3 is 0 Å². The van der Waals surface area contributed by atoms with Crippen LogP contribution in [0.4, 0.5) is 0 Å². The zero-order valence-electron chi connectivity index (χ0n) is 13.1. The number of hydrogen-bond acceptors (Lipinski definition) is 7. The van der Waals surface area contributed by atoms with Crippen LogP contribution in [-0.2, 0) is 4.79 Å². The fourth-order valence-electron chi connectivity index (χ4n) is 2.06. The van der Waals surface area contributed by atoms with Gasteiger partial charge in [-0.1, -0.05) is 32.8 Å². The quantitative estimate of drug-likeness (QED) is 0.184. The van der Waals surface area contributed by atoms with Crippen molar-refractivity contribution in [2.75, 3.05) is 13.2 Å². The Morgan fingerprint density at radius 3 is 2.23 bits per heavy atom. The summed E-state index contributed by atoms with van der Waals surface area (Å²) < 4.78 is 0. The Balaban J connectivity index is 4.65. The smallest absolute Gasteiger partial charge is 0.174 e. The van der Waals surface area contributed by atoms with Gasteiger partial charge in [0.2, 0.25) is 0 Å². The van der Waals surface area contributed by atoms with Crippen molar-refractivity contribution in [3.63, 3.8) is 0 Å². The molecule has 0 aromatic carbocycles. The first-order valence-corrected chi connectivity index (χ1v) is 7.63. The van der Waals surface area contributed by atoms with E-state index in [-0.39, 0.29) is 0 Å². The normalized spacial score (nSPS) is 18.3. The van der Waals surface area contributed by atoms with Crippen LogP contribution in [0.25, 0.3) is 0 Å². The zero-order valence-corrected chi connectivity index (χ0v) is 13.1. The van der Waals surface area contributed by atoms with Gasteiger partial charge in [-0.05, 0) is 19.0 Å². The molecule has 0 aliphatic rings. The molecule has 5 atom stereocenters. The van der Waals surface area contributed by atoms with E-state index in [4.69, 9.17) is 5.11 Å². The van der Waals surface area contributed by atoms with Crippen LogP contribution in [0.5, 0.6) is 0 Å². The Morgan fingerprint density at radius 2 is 1.73 bits per heavy atom. The maximum atomic E-state index is 11.8. The SMILES string of the molecule is C=CC(=O)C(NCCCCCC)[C@H](O)[C@@H](O)[C@H](O)[C@H](O)CO. The highest BCUT2D eigenvalue weighted by Crippen LogP contribution is 2.10. The van der Waals surface area contributed by atoms with E-state index in [1.54, 1.807) is 0 Å². The molecule has 0 spiro atoms. The first kappa shape index (κ1) is 21.2. The number of unbranched alkanes of at least 4 members (excludes halogenated alkanes) is 3. The van der Waals surface area contributed by atoms with E-state index in [0.29, 0.717) is 6.54 Å². The summed E-state index contributed by atoms with van der Waals surface area (Å²) in [4.78, 5) is 11.8. The van der Waals surface area contributed by atoms with E-state index in [1.165, 1.54) is 0 Å². The molecule has 7 nitrogen and oxygen atoms in total. The Labute approximate surface area is 131 Å². The Hall–Kier alpha value is -0.830. The molecule has 0 aliphatic heterocycles. The second-order valence-electron chi connectivity index (χ2n) is 5.32. The fraction of sp³-hybridized carbons (Fsp3) is 0.800. The number of hydrogen-bond donors (Lipinski definition) is 6. The molecular weight excluding hydrogens is 290 g/mol. The number of ketones is 1. The number of carbonyl (C=O) groups is 1. The molecule has 0 rings (SSSR count). The summed E-state index contributed by atoms with van der Waals surface area (Å²) in [6.07, 6.45) is -1.84. The Morgan fingerprint density at radius 1 is 1.09 bits per heavy atom. The second-order valence-corrected chi connectivity index (χ2v) is 5.32. The van der Waals surface area contributed by atoms with Gasteiger partial charge in [0.25, 0.3) is 0 Å². The molecule has 130 valence electrons. The van der Waals surface area contributed by atoms with Gasteiger partial charge in [-0.25, -0.2) is 0 Å². The van der Waals surface area contributed by atoms with Crippen LogP contribution in [0, 0.1) is 0 Å². The van der Waals surface area contributed by atoms with Crippen LogP contribution >= 0.6 is 0 Å². The minimum absolute atomic E-state index is 0.465. The van der Waals surface area contributed by atoms with Gasteiger partial charge in [-0.2, -0.15) is 0 Å². The molecular formula is C15H29NO6. The van der Waals surface area contributed by atoms with Crippen LogP contribution < -0.4 is 5.32 Å². The molecule has 0 fully saturated rings. The molecule has 0 bridgehead atoms. The average Bonchev–Trinajstić information content (AvgIpc) is 2.54. The first-order valence-electron chi connectivity index (χ1n) is 7.63. The lowest BCUT2D eigenvalue weighted by atomic mass is 9.95. The van der Waals surface area contributed by atoms with Gasteiger partial charge in [-0.15, -0.1) is 0 Å². The third-order valence-electron chi connectivity index (χ3n) is 3.52. The first-order chi connectivity index (χ1) is 10.4. The largest absolute Gasteiger partial charge is 0.394 e. The third-order valence-corrected chi connectivity index (χ3v) is 3.52. The minimum atomic E-state index is -1.78. The Bertz CT molecular complexity index is 325. The lowest BCUT2D eigenvalue weighted by molar-refractivity contribution is -0.135. The summed E-state index contributed by atoms with van der Waals surface area (Å²) in [5.41, 5.74) is 0. The van der Waals surface area contributed by atoms with Crippen molar-refractivity contribution in [2.24, 2.45) is 0 Å². The van der Waals surface area contributed by atoms with E-state index in [2.05, 4.69) is 18.8 Å². The van der Waals surface area contributed by atoms with Crippen molar-refractivity contribution in [3.8, 4) is 0 Å². The molecule has 1 unspecified atom stereocenters. The monoisotopic (exact) mass is 319 g/mol. The highest BCUT2D eigenvalue weighted by atomic mass is 16.4. The van der Waals surface area contributed by atoms with Crippen molar-refractivity contribution >= 4 is 5.78 Å². The van der Waals surface area contributed by atoms with Crippen molar-refractivity contribution in [1.29, 1.82) is 0 Å². The predicted molar refractivity (Wildman–Crippen MR) is 82.2 cm³/mol. The Kier molecular flexibility index (Phi) is 11.3. The second kappa shape index (κ2) is 11.7. The molecule has 0 aromatic rings. The molecule has 0 aliphatic carbocycles. The lowest BCUT2D eigenvalue weighted by Gasteiger charge is -2.30. The van der Waals surface area contributed by atoms with Gasteiger partial charge in [-0.3, -0.25) is 4.79 Å². The van der Waals surface area contributed by atoms with E-state index in [0.717, 1.165) is 31.8 Å². The van der Waals surface area contributed by atoms with Crippen LogP contribution in [0.1, 0.15) is 32.6 Å². The van der Waals surface area contributed by atoms with Crippen molar-refractivity contribution in [2.45, 2.75) is 63.1 Å². The molecule has 6 N–H and O–H groups in total. The molecule has 0 aromatic heterocycles. The maximum Gasteiger partial charge on any atom is 0.174 e. The van der Waals surface area contributed by atoms with E-state index in [9.17, 15) is 25.2 Å². The van der Waals surface area contributed by atoms with Gasteiger partial charge in [0.05, 0.1) is 12.6 Å². The average molecular weight is 319 g/mol. The van der Waals surface area contributed by atoms with Crippen LogP contribution in [0.3, 0.4) is 0 Å². The molecule has 7 heteroatoms. The number of carbonyl (C=O) groups excluding carboxylic acids is 1. The van der Waals surface area contributed by atoms with Crippen molar-refractivity contribution in [3.05, 3.63) is 12.7 Å². The highest BCUT2D eigenvalue weighted by Gasteiger charge is 2.36. The number of aliphatic hydroxyl groups is 5. The highest BCUT2D eigenvalue weighted by molar-refractivity contribution is 5.94. The van der Waals surface area contributed by atoms with Gasteiger partial charge in [0.15, 0.2) is 5.78 Å². The van der Waals surface area contributed by atoms with Crippen LogP contribution in [-0.4, -0.2) is 74.9 Å².